The number of benzene rings is 1. The van der Waals surface area contributed by atoms with Gasteiger partial charge in [0.15, 0.2) is 0 Å². The number of rotatable bonds is 3. The number of nitrogens with two attached hydrogens (primary N) is 1. The molecule has 1 aromatic carbocycles. The van der Waals surface area contributed by atoms with E-state index in [1.54, 1.807) is 0 Å². The standard InChI is InChI=1S/C14H16N2O/c15-13(17)7-6-11-9-16-8-2-4-10-3-1-5-12(11)14(10)16/h1,3,5,9H,2,4,6-8H2,(H2,15,17). The number of aryl methyl sites for hydroxylation is 3. The van der Waals surface area contributed by atoms with Gasteiger partial charge in [-0.1, -0.05) is 18.2 Å². The van der Waals surface area contributed by atoms with E-state index in [0.29, 0.717) is 6.42 Å². The Labute approximate surface area is 100 Å². The van der Waals surface area contributed by atoms with Crippen LogP contribution in [0.4, 0.5) is 0 Å². The highest BCUT2D eigenvalue weighted by Gasteiger charge is 2.15. The zero-order valence-electron chi connectivity index (χ0n) is 9.78. The average Bonchev–Trinajstić information content (AvgIpc) is 2.68. The molecule has 1 aromatic heterocycles. The molecule has 0 spiro atoms. The summed E-state index contributed by atoms with van der Waals surface area (Å²) in [5, 5.41) is 1.29. The summed E-state index contributed by atoms with van der Waals surface area (Å²) in [5.74, 6) is -0.225. The number of amides is 1. The number of nitrogens with zero attached hydrogens (tertiary/aromatic N) is 1. The third-order valence-corrected chi connectivity index (χ3v) is 3.55. The molecule has 1 amide bonds. The van der Waals surface area contributed by atoms with E-state index in [4.69, 9.17) is 5.73 Å². The molecule has 1 aliphatic heterocycles. The maximum atomic E-state index is 10.9. The van der Waals surface area contributed by atoms with Crippen LogP contribution < -0.4 is 5.73 Å². The Kier molecular flexibility index (Phi) is 2.39. The monoisotopic (exact) mass is 228 g/mol. The Balaban J connectivity index is 2.09. The lowest BCUT2D eigenvalue weighted by atomic mass is 10.0. The van der Waals surface area contributed by atoms with Gasteiger partial charge in [0, 0.05) is 24.5 Å². The normalized spacial score (nSPS) is 14.1. The van der Waals surface area contributed by atoms with Gasteiger partial charge in [-0.3, -0.25) is 4.79 Å². The summed E-state index contributed by atoms with van der Waals surface area (Å²) in [7, 11) is 0. The fourth-order valence-corrected chi connectivity index (χ4v) is 2.79. The molecule has 0 fully saturated rings. The molecule has 17 heavy (non-hydrogen) atoms. The van der Waals surface area contributed by atoms with Crippen LogP contribution in [0.5, 0.6) is 0 Å². The highest BCUT2D eigenvalue weighted by atomic mass is 16.1. The Bertz CT molecular complexity index is 583. The van der Waals surface area contributed by atoms with Crippen LogP contribution in [-0.4, -0.2) is 10.5 Å². The Morgan fingerprint density at radius 2 is 2.29 bits per heavy atom. The second-order valence-electron chi connectivity index (χ2n) is 4.73. The topological polar surface area (TPSA) is 48.0 Å². The zero-order chi connectivity index (χ0) is 11.8. The molecule has 2 aromatic rings. The maximum Gasteiger partial charge on any atom is 0.217 e. The van der Waals surface area contributed by atoms with E-state index in [0.717, 1.165) is 19.4 Å². The van der Waals surface area contributed by atoms with Crippen molar-refractivity contribution in [3.05, 3.63) is 35.5 Å². The van der Waals surface area contributed by atoms with Gasteiger partial charge in [-0.2, -0.15) is 0 Å². The van der Waals surface area contributed by atoms with Crippen molar-refractivity contribution in [1.29, 1.82) is 0 Å². The van der Waals surface area contributed by atoms with Crippen LogP contribution in [-0.2, 0) is 24.2 Å². The molecule has 0 saturated heterocycles. The van der Waals surface area contributed by atoms with Gasteiger partial charge in [-0.05, 0) is 30.4 Å². The minimum Gasteiger partial charge on any atom is -0.370 e. The van der Waals surface area contributed by atoms with E-state index in [9.17, 15) is 4.79 Å². The summed E-state index contributed by atoms with van der Waals surface area (Å²) < 4.78 is 2.32. The lowest BCUT2D eigenvalue weighted by Gasteiger charge is -2.14. The maximum absolute atomic E-state index is 10.9. The quantitative estimate of drug-likeness (QED) is 0.858. The molecule has 0 radical (unpaired) electrons. The van der Waals surface area contributed by atoms with Gasteiger partial charge in [-0.15, -0.1) is 0 Å². The minimum atomic E-state index is -0.225. The van der Waals surface area contributed by atoms with Gasteiger partial charge in [0.2, 0.25) is 5.91 Å². The van der Waals surface area contributed by atoms with Gasteiger partial charge in [0.25, 0.3) is 0 Å². The van der Waals surface area contributed by atoms with Crippen molar-refractivity contribution in [3.8, 4) is 0 Å². The number of carbonyl (C=O) groups excluding carboxylic acids is 1. The second kappa shape index (κ2) is 3.91. The van der Waals surface area contributed by atoms with Crippen molar-refractivity contribution in [1.82, 2.24) is 4.57 Å². The van der Waals surface area contributed by atoms with Crippen molar-refractivity contribution in [3.63, 3.8) is 0 Å². The molecule has 0 atom stereocenters. The van der Waals surface area contributed by atoms with Crippen molar-refractivity contribution in [2.24, 2.45) is 5.73 Å². The van der Waals surface area contributed by atoms with Crippen LogP contribution in [0.25, 0.3) is 10.9 Å². The Morgan fingerprint density at radius 1 is 1.41 bits per heavy atom. The predicted octanol–water partition coefficient (Wildman–Crippen LogP) is 2.01. The zero-order valence-corrected chi connectivity index (χ0v) is 9.78. The summed E-state index contributed by atoms with van der Waals surface area (Å²) in [4.78, 5) is 10.9. The predicted molar refractivity (Wildman–Crippen MR) is 67.8 cm³/mol. The molecule has 0 unspecified atom stereocenters. The second-order valence-corrected chi connectivity index (χ2v) is 4.73. The lowest BCUT2D eigenvalue weighted by molar-refractivity contribution is -0.117. The molecule has 2 N–H and O–H groups in total. The number of primary amides is 1. The molecular formula is C14H16N2O. The highest BCUT2D eigenvalue weighted by Crippen LogP contribution is 2.29. The van der Waals surface area contributed by atoms with E-state index in [1.807, 2.05) is 0 Å². The molecule has 88 valence electrons. The molecule has 1 aliphatic rings. The number of para-hydroxylation sites is 1. The van der Waals surface area contributed by atoms with Gasteiger partial charge >= 0.3 is 0 Å². The van der Waals surface area contributed by atoms with Crippen molar-refractivity contribution in [2.45, 2.75) is 32.2 Å². The van der Waals surface area contributed by atoms with Gasteiger partial charge in [-0.25, -0.2) is 0 Å². The fourth-order valence-electron chi connectivity index (χ4n) is 2.79. The number of hydrogen-bond donors (Lipinski definition) is 1. The van der Waals surface area contributed by atoms with Crippen LogP contribution in [0.2, 0.25) is 0 Å². The van der Waals surface area contributed by atoms with Crippen LogP contribution in [0.3, 0.4) is 0 Å². The number of carbonyl (C=O) groups is 1. The third-order valence-electron chi connectivity index (χ3n) is 3.55. The first-order chi connectivity index (χ1) is 8.25. The number of hydrogen-bond acceptors (Lipinski definition) is 1. The first kappa shape index (κ1) is 10.4. The molecule has 3 heteroatoms. The molecule has 0 aliphatic carbocycles. The van der Waals surface area contributed by atoms with Gasteiger partial charge in [0.05, 0.1) is 5.52 Å². The van der Waals surface area contributed by atoms with Crippen LogP contribution in [0.1, 0.15) is 24.0 Å². The van der Waals surface area contributed by atoms with Crippen molar-refractivity contribution in [2.75, 3.05) is 0 Å². The summed E-state index contributed by atoms with van der Waals surface area (Å²) >= 11 is 0. The summed E-state index contributed by atoms with van der Waals surface area (Å²) in [6.45, 7) is 1.09. The molecule has 0 saturated carbocycles. The fraction of sp³-hybridized carbons (Fsp3) is 0.357. The van der Waals surface area contributed by atoms with E-state index >= 15 is 0 Å². The summed E-state index contributed by atoms with van der Waals surface area (Å²) in [6.07, 6.45) is 5.74. The Morgan fingerprint density at radius 3 is 3.12 bits per heavy atom. The molecule has 0 bridgehead atoms. The third kappa shape index (κ3) is 1.71. The highest BCUT2D eigenvalue weighted by molar-refractivity contribution is 5.88. The molecular weight excluding hydrogens is 212 g/mol. The van der Waals surface area contributed by atoms with E-state index in [1.165, 1.54) is 28.5 Å². The molecule has 2 heterocycles. The molecule has 3 nitrogen and oxygen atoms in total. The summed E-state index contributed by atoms with van der Waals surface area (Å²) in [5.41, 5.74) is 9.26. The average molecular weight is 228 g/mol. The van der Waals surface area contributed by atoms with Crippen LogP contribution >= 0.6 is 0 Å². The minimum absolute atomic E-state index is 0.225. The SMILES string of the molecule is NC(=O)CCc1cn2c3c(cccc13)CCC2. The largest absolute Gasteiger partial charge is 0.370 e. The van der Waals surface area contributed by atoms with Crippen molar-refractivity contribution < 1.29 is 4.79 Å². The first-order valence-electron chi connectivity index (χ1n) is 6.13. The molecule has 3 rings (SSSR count). The summed E-state index contributed by atoms with van der Waals surface area (Å²) in [6, 6.07) is 6.47. The smallest absolute Gasteiger partial charge is 0.217 e. The van der Waals surface area contributed by atoms with E-state index in [-0.39, 0.29) is 5.91 Å². The van der Waals surface area contributed by atoms with E-state index in [2.05, 4.69) is 29.0 Å². The van der Waals surface area contributed by atoms with Crippen molar-refractivity contribution >= 4 is 16.8 Å². The Hall–Kier alpha value is -1.77. The van der Waals surface area contributed by atoms with Gasteiger partial charge < -0.3 is 10.3 Å². The van der Waals surface area contributed by atoms with Crippen LogP contribution in [0, 0.1) is 0 Å². The first-order valence-corrected chi connectivity index (χ1v) is 6.13. The van der Waals surface area contributed by atoms with Crippen LogP contribution in [0.15, 0.2) is 24.4 Å². The van der Waals surface area contributed by atoms with E-state index < -0.39 is 0 Å². The lowest BCUT2D eigenvalue weighted by Crippen LogP contribution is -2.11. The van der Waals surface area contributed by atoms with Gasteiger partial charge in [0.1, 0.15) is 0 Å². The number of aromatic nitrogens is 1.